The monoisotopic (exact) mass is 404 g/mol. The number of benzene rings is 2. The molecule has 1 heterocycles. The zero-order valence-electron chi connectivity index (χ0n) is 14.5. The van der Waals surface area contributed by atoms with E-state index < -0.39 is 26.9 Å². The highest BCUT2D eigenvalue weighted by atomic mass is 32.2. The van der Waals surface area contributed by atoms with Crippen LogP contribution in [0.5, 0.6) is 0 Å². The highest BCUT2D eigenvalue weighted by Crippen LogP contribution is 2.35. The number of thioether (sulfide) groups is 1. The third-order valence-electron chi connectivity index (χ3n) is 4.25. The molecule has 0 spiro atoms. The Labute approximate surface area is 162 Å². The molecule has 0 saturated carbocycles. The van der Waals surface area contributed by atoms with Crippen LogP contribution in [-0.2, 0) is 19.4 Å². The molecule has 1 fully saturated rings. The Morgan fingerprint density at radius 3 is 2.19 bits per heavy atom. The second-order valence-corrected chi connectivity index (χ2v) is 9.71. The Morgan fingerprint density at radius 1 is 0.963 bits per heavy atom. The van der Waals surface area contributed by atoms with Crippen molar-refractivity contribution in [1.29, 1.82) is 0 Å². The van der Waals surface area contributed by atoms with E-state index >= 15 is 0 Å². The summed E-state index contributed by atoms with van der Waals surface area (Å²) in [5.41, 5.74) is 5.64. The van der Waals surface area contributed by atoms with E-state index in [1.807, 2.05) is 60.7 Å². The highest BCUT2D eigenvalue weighted by molar-refractivity contribution is 8.00. The van der Waals surface area contributed by atoms with Crippen LogP contribution in [0.2, 0.25) is 0 Å². The molecule has 3 rings (SSSR count). The maximum absolute atomic E-state index is 12.7. The smallest absolute Gasteiger partial charge is 0.256 e. The summed E-state index contributed by atoms with van der Waals surface area (Å²) in [6.45, 7) is 0. The Kier molecular flexibility index (Phi) is 6.18. The minimum absolute atomic E-state index is 0.00946. The first-order valence-electron chi connectivity index (χ1n) is 8.51. The average Bonchev–Trinajstić information content (AvgIpc) is 3.05. The third kappa shape index (κ3) is 5.33. The van der Waals surface area contributed by atoms with Gasteiger partial charge in [-0.25, -0.2) is 8.42 Å². The van der Waals surface area contributed by atoms with E-state index in [0.717, 1.165) is 10.5 Å². The van der Waals surface area contributed by atoms with Gasteiger partial charge in [-0.3, -0.25) is 20.4 Å². The third-order valence-corrected chi connectivity index (χ3v) is 7.28. The van der Waals surface area contributed by atoms with Crippen LogP contribution >= 0.6 is 11.8 Å². The van der Waals surface area contributed by atoms with Gasteiger partial charge < -0.3 is 0 Å². The predicted molar refractivity (Wildman–Crippen MR) is 105 cm³/mol. The van der Waals surface area contributed by atoms with Crippen molar-refractivity contribution < 1.29 is 18.0 Å². The summed E-state index contributed by atoms with van der Waals surface area (Å²) in [7, 11) is -3.16. The second-order valence-electron chi connectivity index (χ2n) is 6.30. The van der Waals surface area contributed by atoms with E-state index in [1.54, 1.807) is 0 Å². The number of carbonyl (C=O) groups is 2. The van der Waals surface area contributed by atoms with Gasteiger partial charge in [0.1, 0.15) is 5.25 Å². The number of nitrogens with one attached hydrogen (secondary N) is 2. The van der Waals surface area contributed by atoms with E-state index in [4.69, 9.17) is 0 Å². The van der Waals surface area contributed by atoms with Gasteiger partial charge in [0.05, 0.1) is 17.4 Å². The van der Waals surface area contributed by atoms with Gasteiger partial charge in [0.15, 0.2) is 9.84 Å². The number of hydrogen-bond donors (Lipinski definition) is 2. The minimum Gasteiger partial charge on any atom is -0.273 e. The van der Waals surface area contributed by atoms with Crippen LogP contribution in [0, 0.1) is 5.92 Å². The van der Waals surface area contributed by atoms with Crippen molar-refractivity contribution in [3.63, 3.8) is 0 Å². The lowest BCUT2D eigenvalue weighted by Gasteiger charge is -2.18. The van der Waals surface area contributed by atoms with Crippen molar-refractivity contribution in [2.45, 2.75) is 16.6 Å². The molecule has 1 aliphatic heterocycles. The fourth-order valence-corrected chi connectivity index (χ4v) is 5.62. The molecular weight excluding hydrogens is 384 g/mol. The maximum Gasteiger partial charge on any atom is 0.256 e. The van der Waals surface area contributed by atoms with Gasteiger partial charge in [-0.15, -0.1) is 11.8 Å². The zero-order chi connectivity index (χ0) is 19.3. The van der Waals surface area contributed by atoms with Gasteiger partial charge in [-0.1, -0.05) is 48.5 Å². The molecule has 2 aromatic rings. The van der Waals surface area contributed by atoms with Gasteiger partial charge >= 0.3 is 0 Å². The predicted octanol–water partition coefficient (Wildman–Crippen LogP) is 2.10. The van der Waals surface area contributed by atoms with Gasteiger partial charge in [0, 0.05) is 4.90 Å². The van der Waals surface area contributed by atoms with Crippen molar-refractivity contribution in [1.82, 2.24) is 10.9 Å². The summed E-state index contributed by atoms with van der Waals surface area (Å²) in [4.78, 5) is 25.8. The normalized spacial score (nSPS) is 19.2. The lowest BCUT2D eigenvalue weighted by atomic mass is 10.1. The molecule has 8 heteroatoms. The van der Waals surface area contributed by atoms with Gasteiger partial charge in [-0.05, 0) is 24.1 Å². The first kappa shape index (κ1) is 19.4. The largest absolute Gasteiger partial charge is 0.273 e. The summed E-state index contributed by atoms with van der Waals surface area (Å²) < 4.78 is 23.0. The summed E-state index contributed by atoms with van der Waals surface area (Å²) in [5, 5.41) is -0.554. The van der Waals surface area contributed by atoms with E-state index in [2.05, 4.69) is 10.9 Å². The SMILES string of the molecule is O=C(NNC(=O)C(Sc1ccccc1)c1ccccc1)C1CCS(=O)(=O)C1. The molecule has 2 aromatic carbocycles. The van der Waals surface area contributed by atoms with Crippen LogP contribution < -0.4 is 10.9 Å². The van der Waals surface area contributed by atoms with E-state index in [-0.39, 0.29) is 23.8 Å². The molecule has 1 aliphatic rings. The minimum atomic E-state index is -3.16. The molecule has 27 heavy (non-hydrogen) atoms. The molecule has 2 N–H and O–H groups in total. The van der Waals surface area contributed by atoms with Gasteiger partial charge in [0.25, 0.3) is 5.91 Å². The maximum atomic E-state index is 12.7. The summed E-state index contributed by atoms with van der Waals surface area (Å²) in [6, 6.07) is 18.8. The van der Waals surface area contributed by atoms with Crippen LogP contribution in [0.25, 0.3) is 0 Å². The summed E-state index contributed by atoms with van der Waals surface area (Å²) >= 11 is 1.37. The molecule has 2 amide bonds. The molecule has 2 unspecified atom stereocenters. The molecule has 0 aliphatic carbocycles. The van der Waals surface area contributed by atoms with Crippen LogP contribution in [0.15, 0.2) is 65.6 Å². The number of hydrazine groups is 1. The molecule has 6 nitrogen and oxygen atoms in total. The van der Waals surface area contributed by atoms with Crippen molar-refractivity contribution in [2.75, 3.05) is 11.5 Å². The molecule has 0 radical (unpaired) electrons. The molecule has 0 aromatic heterocycles. The van der Waals surface area contributed by atoms with Crippen molar-refractivity contribution in [3.05, 3.63) is 66.2 Å². The zero-order valence-corrected chi connectivity index (χ0v) is 16.1. The number of carbonyl (C=O) groups excluding carboxylic acids is 2. The quantitative estimate of drug-likeness (QED) is 0.588. The van der Waals surface area contributed by atoms with Crippen molar-refractivity contribution in [3.8, 4) is 0 Å². The van der Waals surface area contributed by atoms with E-state index in [0.29, 0.717) is 0 Å². The number of rotatable bonds is 5. The Morgan fingerprint density at radius 2 is 1.59 bits per heavy atom. The number of amides is 2. The highest BCUT2D eigenvalue weighted by Gasteiger charge is 2.33. The summed E-state index contributed by atoms with van der Waals surface area (Å²) in [5.74, 6) is -1.62. The number of hydrogen-bond acceptors (Lipinski definition) is 5. The summed E-state index contributed by atoms with van der Waals surface area (Å²) in [6.07, 6.45) is 0.283. The topological polar surface area (TPSA) is 92.3 Å². The van der Waals surface area contributed by atoms with Crippen molar-refractivity contribution in [2.24, 2.45) is 5.92 Å². The Hall–Kier alpha value is -2.32. The standard InChI is InChI=1S/C19H20N2O4S2/c22-18(15-11-12-27(24,25)13-15)20-21-19(23)17(14-7-3-1-4-8-14)26-16-9-5-2-6-10-16/h1-10,15,17H,11-13H2,(H,20,22)(H,21,23). The van der Waals surface area contributed by atoms with E-state index in [1.165, 1.54) is 11.8 Å². The van der Waals surface area contributed by atoms with Gasteiger partial charge in [-0.2, -0.15) is 0 Å². The van der Waals surface area contributed by atoms with Crippen molar-refractivity contribution >= 4 is 33.4 Å². The van der Waals surface area contributed by atoms with Crippen LogP contribution in [0.3, 0.4) is 0 Å². The second kappa shape index (κ2) is 8.58. The Balaban J connectivity index is 1.67. The fraction of sp³-hybridized carbons (Fsp3) is 0.263. The van der Waals surface area contributed by atoms with Crippen LogP contribution in [0.1, 0.15) is 17.2 Å². The first-order valence-corrected chi connectivity index (χ1v) is 11.2. The fourth-order valence-electron chi connectivity index (χ4n) is 2.83. The molecule has 0 bridgehead atoms. The van der Waals surface area contributed by atoms with E-state index in [9.17, 15) is 18.0 Å². The molecular formula is C19H20N2O4S2. The van der Waals surface area contributed by atoms with Crippen LogP contribution in [0.4, 0.5) is 0 Å². The molecule has 2 atom stereocenters. The number of sulfone groups is 1. The first-order chi connectivity index (χ1) is 12.9. The molecule has 142 valence electrons. The Bertz CT molecular complexity index is 902. The molecule has 1 saturated heterocycles. The lowest BCUT2D eigenvalue weighted by molar-refractivity contribution is -0.130. The average molecular weight is 405 g/mol. The van der Waals surface area contributed by atoms with Crippen LogP contribution in [-0.4, -0.2) is 31.7 Å². The lowest BCUT2D eigenvalue weighted by Crippen LogP contribution is -2.46. The van der Waals surface area contributed by atoms with Gasteiger partial charge in [0.2, 0.25) is 5.91 Å².